The number of hydrogen-bond acceptors (Lipinski definition) is 3. The molecule has 1 aliphatic carbocycles. The predicted molar refractivity (Wildman–Crippen MR) is 54.5 cm³/mol. The largest absolute Gasteiger partial charge is 0.370 e. The van der Waals surface area contributed by atoms with Gasteiger partial charge in [0.25, 0.3) is 0 Å². The topological polar surface area (TPSA) is 72.3 Å². The summed E-state index contributed by atoms with van der Waals surface area (Å²) in [6, 6.07) is 0.774. The lowest BCUT2D eigenvalue weighted by molar-refractivity contribution is -0.120. The van der Waals surface area contributed by atoms with Gasteiger partial charge < -0.3 is 11.5 Å². The molecule has 2 aliphatic rings. The third kappa shape index (κ3) is 1.91. The highest BCUT2D eigenvalue weighted by Gasteiger charge is 2.43. The van der Waals surface area contributed by atoms with Gasteiger partial charge >= 0.3 is 0 Å². The lowest BCUT2D eigenvalue weighted by Gasteiger charge is -2.26. The maximum absolute atomic E-state index is 11.0. The second-order valence-electron chi connectivity index (χ2n) is 4.80. The van der Waals surface area contributed by atoms with E-state index in [1.54, 1.807) is 0 Å². The molecule has 1 aliphatic heterocycles. The number of nitrogens with two attached hydrogens (primary N) is 2. The highest BCUT2D eigenvalue weighted by atomic mass is 16.1. The number of amides is 1. The first kappa shape index (κ1) is 9.93. The van der Waals surface area contributed by atoms with Crippen molar-refractivity contribution in [1.29, 1.82) is 0 Å². The smallest absolute Gasteiger partial charge is 0.218 e. The summed E-state index contributed by atoms with van der Waals surface area (Å²) < 4.78 is 0. The lowest BCUT2D eigenvalue weighted by atomic mass is 9.83. The molecule has 1 unspecified atom stereocenters. The number of rotatable bonds is 4. The van der Waals surface area contributed by atoms with Crippen LogP contribution in [0.25, 0.3) is 0 Å². The molecule has 2 rings (SSSR count). The second-order valence-corrected chi connectivity index (χ2v) is 4.80. The van der Waals surface area contributed by atoms with Gasteiger partial charge in [0, 0.05) is 24.4 Å². The van der Waals surface area contributed by atoms with Gasteiger partial charge in [-0.05, 0) is 32.4 Å². The van der Waals surface area contributed by atoms with E-state index in [4.69, 9.17) is 11.5 Å². The molecule has 4 heteroatoms. The highest BCUT2D eigenvalue weighted by molar-refractivity contribution is 5.74. The number of carbonyl (C=O) groups excluding carboxylic acids is 1. The fraction of sp³-hybridized carbons (Fsp3) is 0.900. The third-order valence-corrected chi connectivity index (χ3v) is 3.51. The van der Waals surface area contributed by atoms with Crippen LogP contribution in [0, 0.1) is 5.41 Å². The van der Waals surface area contributed by atoms with E-state index in [1.807, 2.05) is 0 Å². The Hall–Kier alpha value is -0.610. The maximum Gasteiger partial charge on any atom is 0.218 e. The van der Waals surface area contributed by atoms with E-state index in [1.165, 1.54) is 12.8 Å². The SMILES string of the molecule is NCC1(CC(N)=O)CCN(C2CC2)C1. The van der Waals surface area contributed by atoms with Gasteiger partial charge in [-0.1, -0.05) is 0 Å². The lowest BCUT2D eigenvalue weighted by Crippen LogP contribution is -2.38. The summed E-state index contributed by atoms with van der Waals surface area (Å²) in [5, 5.41) is 0. The molecule has 4 N–H and O–H groups in total. The minimum atomic E-state index is -0.215. The predicted octanol–water partition coefficient (Wildman–Crippen LogP) is -0.325. The fourth-order valence-electron chi connectivity index (χ4n) is 2.47. The Labute approximate surface area is 84.6 Å². The summed E-state index contributed by atoms with van der Waals surface area (Å²) in [4.78, 5) is 13.4. The molecular formula is C10H19N3O. The summed E-state index contributed by atoms with van der Waals surface area (Å²) in [5.74, 6) is -0.215. The van der Waals surface area contributed by atoms with Crippen molar-refractivity contribution in [3.8, 4) is 0 Å². The van der Waals surface area contributed by atoms with E-state index >= 15 is 0 Å². The molecule has 0 aromatic heterocycles. The molecule has 0 bridgehead atoms. The normalized spacial score (nSPS) is 33.5. The molecular weight excluding hydrogens is 178 g/mol. The summed E-state index contributed by atoms with van der Waals surface area (Å²) in [7, 11) is 0. The molecule has 0 spiro atoms. The van der Waals surface area contributed by atoms with Crippen LogP contribution in [0.4, 0.5) is 0 Å². The average molecular weight is 197 g/mol. The quantitative estimate of drug-likeness (QED) is 0.648. The van der Waals surface area contributed by atoms with Crippen molar-refractivity contribution in [3.05, 3.63) is 0 Å². The number of primary amides is 1. The van der Waals surface area contributed by atoms with Crippen LogP contribution >= 0.6 is 0 Å². The Bertz CT molecular complexity index is 240. The van der Waals surface area contributed by atoms with Crippen LogP contribution in [0.1, 0.15) is 25.7 Å². The molecule has 2 fully saturated rings. The Morgan fingerprint density at radius 3 is 2.71 bits per heavy atom. The Kier molecular flexibility index (Phi) is 2.49. The van der Waals surface area contributed by atoms with Crippen molar-refractivity contribution in [3.63, 3.8) is 0 Å². The Balaban J connectivity index is 1.96. The molecule has 0 radical (unpaired) electrons. The van der Waals surface area contributed by atoms with Gasteiger partial charge in [-0.3, -0.25) is 9.69 Å². The van der Waals surface area contributed by atoms with Crippen LogP contribution in [-0.4, -0.2) is 36.5 Å². The minimum absolute atomic E-state index is 0.0194. The molecule has 80 valence electrons. The Morgan fingerprint density at radius 2 is 2.21 bits per heavy atom. The van der Waals surface area contributed by atoms with Crippen LogP contribution in [0.15, 0.2) is 0 Å². The summed E-state index contributed by atoms with van der Waals surface area (Å²) >= 11 is 0. The fourth-order valence-corrected chi connectivity index (χ4v) is 2.47. The van der Waals surface area contributed by atoms with E-state index in [-0.39, 0.29) is 11.3 Å². The Morgan fingerprint density at radius 1 is 1.50 bits per heavy atom. The molecule has 1 heterocycles. The van der Waals surface area contributed by atoms with Crippen LogP contribution in [0.2, 0.25) is 0 Å². The minimum Gasteiger partial charge on any atom is -0.370 e. The van der Waals surface area contributed by atoms with E-state index < -0.39 is 0 Å². The van der Waals surface area contributed by atoms with E-state index in [9.17, 15) is 4.79 Å². The zero-order valence-electron chi connectivity index (χ0n) is 8.54. The molecule has 1 amide bonds. The van der Waals surface area contributed by atoms with Crippen LogP contribution in [-0.2, 0) is 4.79 Å². The number of carbonyl (C=O) groups is 1. The third-order valence-electron chi connectivity index (χ3n) is 3.51. The van der Waals surface area contributed by atoms with Crippen molar-refractivity contribution in [1.82, 2.24) is 4.90 Å². The van der Waals surface area contributed by atoms with E-state index in [0.29, 0.717) is 13.0 Å². The highest BCUT2D eigenvalue weighted by Crippen LogP contribution is 2.38. The zero-order chi connectivity index (χ0) is 10.2. The molecule has 1 saturated heterocycles. The van der Waals surface area contributed by atoms with Gasteiger partial charge in [0.2, 0.25) is 5.91 Å². The van der Waals surface area contributed by atoms with Gasteiger partial charge in [-0.15, -0.1) is 0 Å². The summed E-state index contributed by atoms with van der Waals surface area (Å²) in [5.41, 5.74) is 11.0. The van der Waals surface area contributed by atoms with E-state index in [0.717, 1.165) is 25.6 Å². The van der Waals surface area contributed by atoms with Gasteiger partial charge in [-0.2, -0.15) is 0 Å². The van der Waals surface area contributed by atoms with Crippen molar-refractivity contribution < 1.29 is 4.79 Å². The van der Waals surface area contributed by atoms with Gasteiger partial charge in [0.1, 0.15) is 0 Å². The van der Waals surface area contributed by atoms with Crippen molar-refractivity contribution >= 4 is 5.91 Å². The van der Waals surface area contributed by atoms with E-state index in [2.05, 4.69) is 4.90 Å². The molecule has 14 heavy (non-hydrogen) atoms. The zero-order valence-corrected chi connectivity index (χ0v) is 8.54. The summed E-state index contributed by atoms with van der Waals surface area (Å²) in [6.07, 6.45) is 4.12. The van der Waals surface area contributed by atoms with Gasteiger partial charge in [0.05, 0.1) is 0 Å². The average Bonchev–Trinajstić information content (AvgIpc) is 2.89. The second kappa shape index (κ2) is 3.51. The van der Waals surface area contributed by atoms with Crippen molar-refractivity contribution in [2.24, 2.45) is 16.9 Å². The van der Waals surface area contributed by atoms with Crippen LogP contribution in [0.5, 0.6) is 0 Å². The standard InChI is InChI=1S/C10H19N3O/c11-6-10(5-9(12)14)3-4-13(7-10)8-1-2-8/h8H,1-7,11H2,(H2,12,14). The molecule has 4 nitrogen and oxygen atoms in total. The molecule has 1 atom stereocenters. The first-order valence-corrected chi connectivity index (χ1v) is 5.38. The van der Waals surface area contributed by atoms with Crippen LogP contribution < -0.4 is 11.5 Å². The van der Waals surface area contributed by atoms with Crippen LogP contribution in [0.3, 0.4) is 0 Å². The van der Waals surface area contributed by atoms with Gasteiger partial charge in [0.15, 0.2) is 0 Å². The van der Waals surface area contributed by atoms with Crippen molar-refractivity contribution in [2.75, 3.05) is 19.6 Å². The number of nitrogens with zero attached hydrogens (tertiary/aromatic N) is 1. The number of hydrogen-bond donors (Lipinski definition) is 2. The first-order valence-electron chi connectivity index (χ1n) is 5.38. The molecule has 0 aromatic carbocycles. The summed E-state index contributed by atoms with van der Waals surface area (Å²) in [6.45, 7) is 2.64. The monoisotopic (exact) mass is 197 g/mol. The molecule has 0 aromatic rings. The number of likely N-dealkylation sites (tertiary alicyclic amines) is 1. The maximum atomic E-state index is 11.0. The van der Waals surface area contributed by atoms with Gasteiger partial charge in [-0.25, -0.2) is 0 Å². The molecule has 1 saturated carbocycles. The van der Waals surface area contributed by atoms with Crippen molar-refractivity contribution in [2.45, 2.75) is 31.7 Å². The first-order chi connectivity index (χ1) is 6.65.